The van der Waals surface area contributed by atoms with Gasteiger partial charge in [-0.05, 0) is 19.3 Å². The molecule has 0 aliphatic heterocycles. The average Bonchev–Trinajstić information content (AvgIpc) is 2.37. The Hall–Kier alpha value is -0.230. The van der Waals surface area contributed by atoms with E-state index in [4.69, 9.17) is 11.6 Å². The minimum absolute atomic E-state index is 0.580. The van der Waals surface area contributed by atoms with Crippen molar-refractivity contribution in [3.8, 4) is 0 Å². The van der Waals surface area contributed by atoms with Crippen LogP contribution in [0.3, 0.4) is 0 Å². The van der Waals surface area contributed by atoms with Crippen molar-refractivity contribution in [3.63, 3.8) is 0 Å². The third-order valence-electron chi connectivity index (χ3n) is 2.34. The maximum Gasteiger partial charge on any atom is 0.0245 e. The van der Waals surface area contributed by atoms with Gasteiger partial charge in [0.25, 0.3) is 0 Å². The number of halogens is 1. The lowest BCUT2D eigenvalue weighted by Gasteiger charge is -2.03. The van der Waals surface area contributed by atoms with E-state index in [2.05, 4.69) is 19.1 Å². The lowest BCUT2D eigenvalue weighted by molar-refractivity contribution is 0.711. The van der Waals surface area contributed by atoms with Crippen LogP contribution in [-0.4, -0.2) is 0 Å². The summed E-state index contributed by atoms with van der Waals surface area (Å²) in [6.45, 7) is 2.14. The molecule has 2 unspecified atom stereocenters. The van der Waals surface area contributed by atoms with Gasteiger partial charge in [0.15, 0.2) is 0 Å². The van der Waals surface area contributed by atoms with E-state index >= 15 is 0 Å². The van der Waals surface area contributed by atoms with Crippen LogP contribution in [0, 0.1) is 11.8 Å². The Bertz CT molecular complexity index is 181. The fourth-order valence-electron chi connectivity index (χ4n) is 1.68. The van der Waals surface area contributed by atoms with E-state index in [0.717, 1.165) is 5.03 Å². The van der Waals surface area contributed by atoms with Crippen LogP contribution < -0.4 is 0 Å². The molecule has 0 N–H and O–H groups in total. The molecule has 2 atom stereocenters. The standard InChI is InChI=1S/C8H9Cl/c1-5-6-2-3-7(4-6)8(5)9/h2-3,6-7H,4H2,1H3. The first-order valence-corrected chi connectivity index (χ1v) is 3.71. The van der Waals surface area contributed by atoms with Crippen molar-refractivity contribution in [3.05, 3.63) is 22.8 Å². The van der Waals surface area contributed by atoms with Crippen LogP contribution in [0.2, 0.25) is 0 Å². The average molecular weight is 141 g/mol. The van der Waals surface area contributed by atoms with Crippen molar-refractivity contribution in [1.29, 1.82) is 0 Å². The van der Waals surface area contributed by atoms with Crippen molar-refractivity contribution < 1.29 is 0 Å². The van der Waals surface area contributed by atoms with E-state index in [1.165, 1.54) is 12.0 Å². The summed E-state index contributed by atoms with van der Waals surface area (Å²) in [5.41, 5.74) is 1.39. The topological polar surface area (TPSA) is 0 Å². The molecule has 48 valence electrons. The van der Waals surface area contributed by atoms with Gasteiger partial charge in [-0.15, -0.1) is 0 Å². The number of fused-ring (bicyclic) bond motifs is 2. The van der Waals surface area contributed by atoms with Gasteiger partial charge in [-0.1, -0.05) is 29.3 Å². The molecule has 0 amide bonds. The van der Waals surface area contributed by atoms with Crippen LogP contribution in [0.25, 0.3) is 0 Å². The van der Waals surface area contributed by atoms with Gasteiger partial charge in [-0.3, -0.25) is 0 Å². The van der Waals surface area contributed by atoms with Gasteiger partial charge in [0.05, 0.1) is 0 Å². The van der Waals surface area contributed by atoms with Crippen molar-refractivity contribution in [1.82, 2.24) is 0 Å². The van der Waals surface area contributed by atoms with E-state index in [1.54, 1.807) is 0 Å². The molecule has 0 saturated heterocycles. The first kappa shape index (κ1) is 5.55. The molecule has 0 radical (unpaired) electrons. The summed E-state index contributed by atoms with van der Waals surface area (Å²) in [6, 6.07) is 0. The molecule has 2 aliphatic carbocycles. The molecular weight excluding hydrogens is 132 g/mol. The van der Waals surface area contributed by atoms with E-state index < -0.39 is 0 Å². The van der Waals surface area contributed by atoms with Crippen LogP contribution in [-0.2, 0) is 0 Å². The first-order chi connectivity index (χ1) is 4.29. The van der Waals surface area contributed by atoms with Crippen molar-refractivity contribution in [2.75, 3.05) is 0 Å². The summed E-state index contributed by atoms with van der Waals surface area (Å²) in [5.74, 6) is 1.26. The van der Waals surface area contributed by atoms with Gasteiger partial charge in [-0.25, -0.2) is 0 Å². The molecule has 2 bridgehead atoms. The highest BCUT2D eigenvalue weighted by atomic mass is 35.5. The molecule has 2 rings (SSSR count). The van der Waals surface area contributed by atoms with Gasteiger partial charge in [0.1, 0.15) is 0 Å². The van der Waals surface area contributed by atoms with E-state index in [9.17, 15) is 0 Å². The highest BCUT2D eigenvalue weighted by Crippen LogP contribution is 2.44. The number of allylic oxidation sites excluding steroid dienone is 4. The lowest BCUT2D eigenvalue weighted by atomic mass is 10.1. The molecule has 0 saturated carbocycles. The normalized spacial score (nSPS) is 38.9. The molecule has 0 heterocycles. The molecule has 0 aromatic carbocycles. The third kappa shape index (κ3) is 0.600. The second kappa shape index (κ2) is 1.63. The fraction of sp³-hybridized carbons (Fsp3) is 0.500. The fourth-order valence-corrected chi connectivity index (χ4v) is 1.98. The highest BCUT2D eigenvalue weighted by Gasteiger charge is 2.31. The van der Waals surface area contributed by atoms with Crippen LogP contribution in [0.5, 0.6) is 0 Å². The Kier molecular flexibility index (Phi) is 1.01. The van der Waals surface area contributed by atoms with Gasteiger partial charge >= 0.3 is 0 Å². The van der Waals surface area contributed by atoms with Crippen molar-refractivity contribution >= 4 is 11.6 Å². The van der Waals surface area contributed by atoms with Gasteiger partial charge < -0.3 is 0 Å². The van der Waals surface area contributed by atoms with Crippen molar-refractivity contribution in [2.24, 2.45) is 11.8 Å². The third-order valence-corrected chi connectivity index (χ3v) is 2.92. The summed E-state index contributed by atoms with van der Waals surface area (Å²) < 4.78 is 0. The Balaban J connectivity index is 2.41. The Morgan fingerprint density at radius 2 is 2.11 bits per heavy atom. The quantitative estimate of drug-likeness (QED) is 0.454. The molecule has 0 nitrogen and oxygen atoms in total. The monoisotopic (exact) mass is 140 g/mol. The zero-order chi connectivity index (χ0) is 6.43. The Morgan fingerprint density at radius 3 is 2.44 bits per heavy atom. The number of rotatable bonds is 0. The first-order valence-electron chi connectivity index (χ1n) is 3.33. The summed E-state index contributed by atoms with van der Waals surface area (Å²) in [5, 5.41) is 1.10. The Morgan fingerprint density at radius 1 is 1.44 bits per heavy atom. The van der Waals surface area contributed by atoms with E-state index in [1.807, 2.05) is 0 Å². The minimum Gasteiger partial charge on any atom is -0.0885 e. The lowest BCUT2D eigenvalue weighted by Crippen LogP contribution is -1.88. The summed E-state index contributed by atoms with van der Waals surface area (Å²) in [7, 11) is 0. The SMILES string of the molecule is CC1=C(Cl)C2C=CC1C2. The number of hydrogen-bond acceptors (Lipinski definition) is 0. The smallest absolute Gasteiger partial charge is 0.0245 e. The van der Waals surface area contributed by atoms with Crippen LogP contribution in [0.15, 0.2) is 22.8 Å². The summed E-state index contributed by atoms with van der Waals surface area (Å²) >= 11 is 5.99. The molecule has 0 aromatic rings. The van der Waals surface area contributed by atoms with Gasteiger partial charge in [-0.2, -0.15) is 0 Å². The second-order valence-corrected chi connectivity index (χ2v) is 3.27. The Labute approximate surface area is 60.2 Å². The minimum atomic E-state index is 0.580. The van der Waals surface area contributed by atoms with Crippen LogP contribution in [0.1, 0.15) is 13.3 Å². The number of hydrogen-bond donors (Lipinski definition) is 0. The predicted octanol–water partition coefficient (Wildman–Crippen LogP) is 2.71. The molecule has 9 heavy (non-hydrogen) atoms. The maximum absolute atomic E-state index is 5.99. The predicted molar refractivity (Wildman–Crippen MR) is 39.3 cm³/mol. The molecule has 0 spiro atoms. The highest BCUT2D eigenvalue weighted by molar-refractivity contribution is 6.30. The molecule has 0 aromatic heterocycles. The van der Waals surface area contributed by atoms with Gasteiger partial charge in [0, 0.05) is 11.0 Å². The largest absolute Gasteiger partial charge is 0.0885 e. The summed E-state index contributed by atoms with van der Waals surface area (Å²) in [6.07, 6.45) is 5.73. The van der Waals surface area contributed by atoms with Gasteiger partial charge in [0.2, 0.25) is 0 Å². The second-order valence-electron chi connectivity index (χ2n) is 2.86. The zero-order valence-corrected chi connectivity index (χ0v) is 6.15. The van der Waals surface area contributed by atoms with Crippen LogP contribution >= 0.6 is 11.6 Å². The zero-order valence-electron chi connectivity index (χ0n) is 5.39. The maximum atomic E-state index is 5.99. The molecule has 1 heteroatoms. The molecular formula is C8H9Cl. The molecule has 0 fully saturated rings. The molecule has 2 aliphatic rings. The summed E-state index contributed by atoms with van der Waals surface area (Å²) in [4.78, 5) is 0. The van der Waals surface area contributed by atoms with E-state index in [-0.39, 0.29) is 0 Å². The van der Waals surface area contributed by atoms with Crippen LogP contribution in [0.4, 0.5) is 0 Å². The van der Waals surface area contributed by atoms with Crippen molar-refractivity contribution in [2.45, 2.75) is 13.3 Å². The van der Waals surface area contributed by atoms with E-state index in [0.29, 0.717) is 11.8 Å².